The van der Waals surface area contributed by atoms with E-state index < -0.39 is 0 Å². The Bertz CT molecular complexity index is 759. The van der Waals surface area contributed by atoms with Gasteiger partial charge in [0.25, 0.3) is 0 Å². The molecule has 0 spiro atoms. The lowest BCUT2D eigenvalue weighted by molar-refractivity contribution is -0.117. The van der Waals surface area contributed by atoms with Gasteiger partial charge in [-0.15, -0.1) is 0 Å². The second kappa shape index (κ2) is 7.27. The minimum absolute atomic E-state index is 0.0307. The van der Waals surface area contributed by atoms with E-state index in [0.717, 1.165) is 43.3 Å². The zero-order chi connectivity index (χ0) is 18.0. The molecule has 1 fully saturated rings. The number of aromatic nitrogens is 2. The molecule has 0 atom stereocenters. The molecule has 0 radical (unpaired) electrons. The highest BCUT2D eigenvalue weighted by Gasteiger charge is 2.20. The summed E-state index contributed by atoms with van der Waals surface area (Å²) in [5.74, 6) is 0.0307. The first-order valence-electron chi connectivity index (χ1n) is 8.78. The summed E-state index contributed by atoms with van der Waals surface area (Å²) in [6.45, 7) is 10.1. The molecule has 6 heteroatoms. The first-order chi connectivity index (χ1) is 11.9. The molecule has 0 unspecified atom stereocenters. The zero-order valence-electron chi connectivity index (χ0n) is 15.5. The van der Waals surface area contributed by atoms with Gasteiger partial charge in [-0.05, 0) is 38.5 Å². The van der Waals surface area contributed by atoms with Crippen molar-refractivity contribution in [1.29, 1.82) is 0 Å². The number of rotatable bonds is 4. The van der Waals surface area contributed by atoms with E-state index in [9.17, 15) is 4.79 Å². The van der Waals surface area contributed by atoms with Crippen LogP contribution in [-0.2, 0) is 11.8 Å². The average Bonchev–Trinajstić information content (AvgIpc) is 2.82. The third-order valence-corrected chi connectivity index (χ3v) is 4.88. The van der Waals surface area contributed by atoms with E-state index in [0.29, 0.717) is 6.54 Å². The van der Waals surface area contributed by atoms with Crippen LogP contribution in [-0.4, -0.2) is 53.3 Å². The molecule has 1 saturated heterocycles. The zero-order valence-corrected chi connectivity index (χ0v) is 15.5. The maximum Gasteiger partial charge on any atom is 0.238 e. The number of hydrogen-bond acceptors (Lipinski definition) is 4. The van der Waals surface area contributed by atoms with Crippen molar-refractivity contribution >= 4 is 17.3 Å². The minimum Gasteiger partial charge on any atom is -0.369 e. The maximum absolute atomic E-state index is 12.4. The number of benzene rings is 1. The van der Waals surface area contributed by atoms with E-state index in [2.05, 4.69) is 51.4 Å². The molecular weight excluding hydrogens is 314 g/mol. The van der Waals surface area contributed by atoms with Crippen LogP contribution in [0.25, 0.3) is 0 Å². The van der Waals surface area contributed by atoms with E-state index in [1.165, 1.54) is 11.3 Å². The predicted octanol–water partition coefficient (Wildman–Crippen LogP) is 2.11. The molecule has 2 aromatic rings. The molecule has 0 saturated carbocycles. The summed E-state index contributed by atoms with van der Waals surface area (Å²) in [6.07, 6.45) is 0. The van der Waals surface area contributed by atoms with Gasteiger partial charge in [0.15, 0.2) is 0 Å². The Labute approximate surface area is 149 Å². The van der Waals surface area contributed by atoms with Gasteiger partial charge in [0.1, 0.15) is 0 Å². The van der Waals surface area contributed by atoms with Gasteiger partial charge in [-0.1, -0.05) is 12.1 Å². The summed E-state index contributed by atoms with van der Waals surface area (Å²) in [4.78, 5) is 17.0. The fraction of sp³-hybridized carbons (Fsp3) is 0.474. The molecule has 1 N–H and O–H groups in total. The van der Waals surface area contributed by atoms with Crippen LogP contribution < -0.4 is 10.2 Å². The summed E-state index contributed by atoms with van der Waals surface area (Å²) < 4.78 is 1.80. The van der Waals surface area contributed by atoms with Crippen LogP contribution >= 0.6 is 0 Å². The van der Waals surface area contributed by atoms with Crippen molar-refractivity contribution in [2.45, 2.75) is 20.8 Å². The summed E-state index contributed by atoms with van der Waals surface area (Å²) in [5.41, 5.74) is 5.23. The summed E-state index contributed by atoms with van der Waals surface area (Å²) >= 11 is 0. The highest BCUT2D eigenvalue weighted by Crippen LogP contribution is 2.19. The van der Waals surface area contributed by atoms with E-state index in [1.807, 2.05) is 20.9 Å². The number of anilines is 2. The molecule has 25 heavy (non-hydrogen) atoms. The van der Waals surface area contributed by atoms with Crippen molar-refractivity contribution in [1.82, 2.24) is 14.7 Å². The van der Waals surface area contributed by atoms with Crippen LogP contribution in [0.5, 0.6) is 0 Å². The minimum atomic E-state index is 0.0307. The van der Waals surface area contributed by atoms with E-state index in [1.54, 1.807) is 4.68 Å². The molecular formula is C19H27N5O. The number of carbonyl (C=O) groups is 1. The number of carbonyl (C=O) groups excluding carboxylic acids is 1. The maximum atomic E-state index is 12.4. The van der Waals surface area contributed by atoms with Gasteiger partial charge in [0.05, 0.1) is 23.6 Å². The Kier molecular flexibility index (Phi) is 5.08. The molecule has 3 rings (SSSR count). The van der Waals surface area contributed by atoms with Crippen molar-refractivity contribution in [3.05, 3.63) is 41.2 Å². The van der Waals surface area contributed by atoms with Gasteiger partial charge in [-0.3, -0.25) is 14.4 Å². The van der Waals surface area contributed by atoms with Gasteiger partial charge in [-0.25, -0.2) is 0 Å². The van der Waals surface area contributed by atoms with Gasteiger partial charge < -0.3 is 10.2 Å². The number of nitrogens with one attached hydrogen (secondary N) is 1. The van der Waals surface area contributed by atoms with Crippen molar-refractivity contribution in [2.75, 3.05) is 42.9 Å². The fourth-order valence-electron chi connectivity index (χ4n) is 3.33. The van der Waals surface area contributed by atoms with Crippen molar-refractivity contribution in [3.63, 3.8) is 0 Å². The first-order valence-corrected chi connectivity index (χ1v) is 8.78. The van der Waals surface area contributed by atoms with Gasteiger partial charge in [0, 0.05) is 38.9 Å². The Balaban J connectivity index is 1.52. The molecule has 1 aromatic carbocycles. The lowest BCUT2D eigenvalue weighted by Crippen LogP contribution is -2.48. The predicted molar refractivity (Wildman–Crippen MR) is 101 cm³/mol. The lowest BCUT2D eigenvalue weighted by Gasteiger charge is -2.35. The Morgan fingerprint density at radius 1 is 1.16 bits per heavy atom. The quantitative estimate of drug-likeness (QED) is 0.925. The molecule has 0 aliphatic carbocycles. The molecule has 6 nitrogen and oxygen atoms in total. The number of hydrogen-bond donors (Lipinski definition) is 1. The van der Waals surface area contributed by atoms with Gasteiger partial charge in [-0.2, -0.15) is 5.10 Å². The van der Waals surface area contributed by atoms with Crippen molar-refractivity contribution in [2.24, 2.45) is 7.05 Å². The smallest absolute Gasteiger partial charge is 0.238 e. The largest absolute Gasteiger partial charge is 0.369 e. The Hall–Kier alpha value is -2.34. The van der Waals surface area contributed by atoms with Gasteiger partial charge >= 0.3 is 0 Å². The van der Waals surface area contributed by atoms with Crippen molar-refractivity contribution in [3.8, 4) is 0 Å². The number of nitrogens with zero attached hydrogens (tertiary/aromatic N) is 4. The van der Waals surface area contributed by atoms with Crippen LogP contribution in [0.1, 0.15) is 17.0 Å². The molecule has 1 amide bonds. The van der Waals surface area contributed by atoms with Crippen LogP contribution in [0.15, 0.2) is 24.3 Å². The topological polar surface area (TPSA) is 53.4 Å². The number of amides is 1. The van der Waals surface area contributed by atoms with Gasteiger partial charge in [0.2, 0.25) is 5.91 Å². The standard InChI is InChI=1S/C19H27N5O/c1-14-6-5-7-17(12-14)24-10-8-23(9-11-24)13-18(25)20-19-15(2)21-22(4)16(19)3/h5-7,12H,8-11,13H2,1-4H3,(H,20,25). The number of piperazine rings is 1. The van der Waals surface area contributed by atoms with E-state index >= 15 is 0 Å². The summed E-state index contributed by atoms with van der Waals surface area (Å²) in [7, 11) is 1.89. The summed E-state index contributed by atoms with van der Waals surface area (Å²) in [5, 5.41) is 7.36. The highest BCUT2D eigenvalue weighted by molar-refractivity contribution is 5.93. The summed E-state index contributed by atoms with van der Waals surface area (Å²) in [6, 6.07) is 8.59. The third-order valence-electron chi connectivity index (χ3n) is 4.88. The normalized spacial score (nSPS) is 15.4. The van der Waals surface area contributed by atoms with E-state index in [4.69, 9.17) is 0 Å². The SMILES string of the molecule is Cc1cccc(N2CCN(CC(=O)Nc3c(C)nn(C)c3C)CC2)c1. The molecule has 1 aliphatic heterocycles. The third kappa shape index (κ3) is 4.02. The second-order valence-electron chi connectivity index (χ2n) is 6.82. The molecule has 2 heterocycles. The molecule has 0 bridgehead atoms. The fourth-order valence-corrected chi connectivity index (χ4v) is 3.33. The highest BCUT2D eigenvalue weighted by atomic mass is 16.2. The number of aryl methyl sites for hydroxylation is 3. The monoisotopic (exact) mass is 341 g/mol. The van der Waals surface area contributed by atoms with Crippen LogP contribution in [0, 0.1) is 20.8 Å². The first kappa shape index (κ1) is 17.5. The van der Waals surface area contributed by atoms with Crippen molar-refractivity contribution < 1.29 is 4.79 Å². The average molecular weight is 341 g/mol. The molecule has 134 valence electrons. The Morgan fingerprint density at radius 3 is 2.48 bits per heavy atom. The molecule has 1 aromatic heterocycles. The lowest BCUT2D eigenvalue weighted by atomic mass is 10.2. The van der Waals surface area contributed by atoms with Crippen LogP contribution in [0.3, 0.4) is 0 Å². The van der Waals surface area contributed by atoms with Crippen LogP contribution in [0.4, 0.5) is 11.4 Å². The van der Waals surface area contributed by atoms with E-state index in [-0.39, 0.29) is 5.91 Å². The van der Waals surface area contributed by atoms with Crippen LogP contribution in [0.2, 0.25) is 0 Å². The molecule has 1 aliphatic rings. The Morgan fingerprint density at radius 2 is 1.88 bits per heavy atom. The second-order valence-corrected chi connectivity index (χ2v) is 6.82.